The van der Waals surface area contributed by atoms with E-state index in [0.29, 0.717) is 5.92 Å². The van der Waals surface area contributed by atoms with E-state index >= 15 is 0 Å². The Bertz CT molecular complexity index is 389. The van der Waals surface area contributed by atoms with Crippen LogP contribution in [0.2, 0.25) is 0 Å². The molecule has 1 heterocycles. The van der Waals surface area contributed by atoms with Crippen LogP contribution in [0.3, 0.4) is 0 Å². The Morgan fingerprint density at radius 3 is 3.00 bits per heavy atom. The van der Waals surface area contributed by atoms with Crippen LogP contribution in [0.25, 0.3) is 0 Å². The van der Waals surface area contributed by atoms with Crippen LogP contribution in [0.4, 0.5) is 0 Å². The first-order valence-electron chi connectivity index (χ1n) is 6.15. The van der Waals surface area contributed by atoms with Crippen molar-refractivity contribution in [3.05, 3.63) is 21.9 Å². The van der Waals surface area contributed by atoms with Gasteiger partial charge < -0.3 is 10.4 Å². The highest BCUT2D eigenvalue weighted by molar-refractivity contribution is 7.11. The lowest BCUT2D eigenvalue weighted by atomic mass is 9.96. The maximum atomic E-state index is 11.0. The number of nitrogens with one attached hydrogen (secondary N) is 1. The smallest absolute Gasteiger partial charge is 0.306 e. The van der Waals surface area contributed by atoms with E-state index in [1.165, 1.54) is 9.75 Å². The number of carbonyl (C=O) groups is 1. The molecule has 2 N–H and O–H groups in total. The Morgan fingerprint density at radius 1 is 1.53 bits per heavy atom. The molecule has 94 valence electrons. The van der Waals surface area contributed by atoms with E-state index in [-0.39, 0.29) is 5.92 Å². The zero-order valence-electron chi connectivity index (χ0n) is 10.1. The van der Waals surface area contributed by atoms with Gasteiger partial charge in [0, 0.05) is 16.3 Å². The van der Waals surface area contributed by atoms with Gasteiger partial charge in [-0.3, -0.25) is 4.79 Å². The highest BCUT2D eigenvalue weighted by Gasteiger charge is 2.32. The molecule has 0 radical (unpaired) electrons. The zero-order valence-corrected chi connectivity index (χ0v) is 10.9. The fourth-order valence-electron chi connectivity index (χ4n) is 2.57. The van der Waals surface area contributed by atoms with E-state index in [2.05, 4.69) is 24.4 Å². The van der Waals surface area contributed by atoms with E-state index in [0.717, 1.165) is 32.4 Å². The molecule has 4 heteroatoms. The van der Waals surface area contributed by atoms with Crippen LogP contribution in [-0.4, -0.2) is 17.6 Å². The maximum absolute atomic E-state index is 11.0. The van der Waals surface area contributed by atoms with E-state index in [1.807, 2.05) is 0 Å². The normalized spacial score (nSPS) is 24.1. The average Bonchev–Trinajstić information content (AvgIpc) is 2.87. The van der Waals surface area contributed by atoms with E-state index in [9.17, 15) is 4.79 Å². The van der Waals surface area contributed by atoms with Crippen molar-refractivity contribution in [3.63, 3.8) is 0 Å². The molecule has 3 nitrogen and oxygen atoms in total. The van der Waals surface area contributed by atoms with Crippen LogP contribution in [-0.2, 0) is 11.3 Å². The molecule has 2 atom stereocenters. The van der Waals surface area contributed by atoms with Crippen LogP contribution in [0.1, 0.15) is 29.0 Å². The molecular formula is C13H19NO2S. The van der Waals surface area contributed by atoms with Crippen molar-refractivity contribution in [2.75, 3.05) is 6.54 Å². The minimum Gasteiger partial charge on any atom is -0.481 e. The molecule has 0 saturated heterocycles. The molecule has 1 aliphatic rings. The van der Waals surface area contributed by atoms with Crippen LogP contribution < -0.4 is 5.32 Å². The standard InChI is InChI=1S/C13H19NO2S/c1-9-5-6-11(17-9)8-14-7-10-3-2-4-12(10)13(15)16/h5-6,10,12,14H,2-4,7-8H2,1H3,(H,15,16). The Labute approximate surface area is 106 Å². The molecule has 0 aromatic carbocycles. The third kappa shape index (κ3) is 3.30. The second-order valence-corrected chi connectivity index (χ2v) is 6.15. The quantitative estimate of drug-likeness (QED) is 0.848. The lowest BCUT2D eigenvalue weighted by molar-refractivity contribution is -0.142. The molecular weight excluding hydrogens is 234 g/mol. The first-order chi connectivity index (χ1) is 8.16. The molecule has 0 spiro atoms. The monoisotopic (exact) mass is 253 g/mol. The minimum atomic E-state index is -0.624. The van der Waals surface area contributed by atoms with Gasteiger partial charge in [-0.25, -0.2) is 0 Å². The minimum absolute atomic E-state index is 0.132. The van der Waals surface area contributed by atoms with Gasteiger partial charge in [-0.15, -0.1) is 11.3 Å². The van der Waals surface area contributed by atoms with Gasteiger partial charge in [0.1, 0.15) is 0 Å². The van der Waals surface area contributed by atoms with Gasteiger partial charge >= 0.3 is 5.97 Å². The Balaban J connectivity index is 1.76. The molecule has 1 aromatic rings. The Hall–Kier alpha value is -0.870. The predicted molar refractivity (Wildman–Crippen MR) is 69.2 cm³/mol. The molecule has 1 aromatic heterocycles. The number of aryl methyl sites for hydroxylation is 1. The van der Waals surface area contributed by atoms with Crippen molar-refractivity contribution < 1.29 is 9.90 Å². The third-order valence-corrected chi connectivity index (χ3v) is 4.48. The molecule has 1 saturated carbocycles. The van der Waals surface area contributed by atoms with Crippen LogP contribution in [0, 0.1) is 18.8 Å². The second-order valence-electron chi connectivity index (χ2n) is 4.78. The first-order valence-corrected chi connectivity index (χ1v) is 6.97. The number of hydrogen-bond acceptors (Lipinski definition) is 3. The highest BCUT2D eigenvalue weighted by atomic mass is 32.1. The van der Waals surface area contributed by atoms with Crippen molar-refractivity contribution in [1.29, 1.82) is 0 Å². The van der Waals surface area contributed by atoms with Crippen LogP contribution in [0.5, 0.6) is 0 Å². The van der Waals surface area contributed by atoms with Crippen molar-refractivity contribution in [3.8, 4) is 0 Å². The first kappa shape index (κ1) is 12.6. The topological polar surface area (TPSA) is 49.3 Å². The number of hydrogen-bond donors (Lipinski definition) is 2. The van der Waals surface area contributed by atoms with Gasteiger partial charge in [0.2, 0.25) is 0 Å². The summed E-state index contributed by atoms with van der Waals surface area (Å²) in [5, 5.41) is 12.5. The van der Waals surface area contributed by atoms with E-state index in [1.54, 1.807) is 11.3 Å². The fourth-order valence-corrected chi connectivity index (χ4v) is 3.43. The Kier molecular flexibility index (Phi) is 4.18. The van der Waals surface area contributed by atoms with Crippen molar-refractivity contribution in [1.82, 2.24) is 5.32 Å². The summed E-state index contributed by atoms with van der Waals surface area (Å²) in [6.45, 7) is 3.79. The molecule has 0 bridgehead atoms. The van der Waals surface area contributed by atoms with Gasteiger partial charge in [0.15, 0.2) is 0 Å². The van der Waals surface area contributed by atoms with Gasteiger partial charge in [-0.05, 0) is 44.4 Å². The summed E-state index contributed by atoms with van der Waals surface area (Å²) in [6.07, 6.45) is 2.95. The van der Waals surface area contributed by atoms with Gasteiger partial charge in [-0.2, -0.15) is 0 Å². The zero-order chi connectivity index (χ0) is 12.3. The predicted octanol–water partition coefficient (Wildman–Crippen LogP) is 2.65. The summed E-state index contributed by atoms with van der Waals surface area (Å²) in [7, 11) is 0. The number of carboxylic acid groups (broad SMARTS) is 1. The molecule has 2 rings (SSSR count). The molecule has 0 amide bonds. The average molecular weight is 253 g/mol. The van der Waals surface area contributed by atoms with Crippen molar-refractivity contribution in [2.24, 2.45) is 11.8 Å². The lowest BCUT2D eigenvalue weighted by Crippen LogP contribution is -2.28. The number of aliphatic carboxylic acids is 1. The summed E-state index contributed by atoms with van der Waals surface area (Å²) >= 11 is 1.80. The highest BCUT2D eigenvalue weighted by Crippen LogP contribution is 2.31. The summed E-state index contributed by atoms with van der Waals surface area (Å²) in [4.78, 5) is 13.7. The van der Waals surface area contributed by atoms with Crippen LogP contribution in [0.15, 0.2) is 12.1 Å². The lowest BCUT2D eigenvalue weighted by Gasteiger charge is -2.15. The largest absolute Gasteiger partial charge is 0.481 e. The van der Waals surface area contributed by atoms with Gasteiger partial charge in [0.05, 0.1) is 5.92 Å². The Morgan fingerprint density at radius 2 is 2.35 bits per heavy atom. The third-order valence-electron chi connectivity index (χ3n) is 3.48. The van der Waals surface area contributed by atoms with Crippen LogP contribution >= 0.6 is 11.3 Å². The number of rotatable bonds is 5. The fraction of sp³-hybridized carbons (Fsp3) is 0.615. The molecule has 1 aliphatic carbocycles. The van der Waals surface area contributed by atoms with Gasteiger partial charge in [0.25, 0.3) is 0 Å². The summed E-state index contributed by atoms with van der Waals surface area (Å²) < 4.78 is 0. The molecule has 1 fully saturated rings. The summed E-state index contributed by atoms with van der Waals surface area (Å²) in [5.74, 6) is -0.442. The maximum Gasteiger partial charge on any atom is 0.306 e. The van der Waals surface area contributed by atoms with E-state index in [4.69, 9.17) is 5.11 Å². The molecule has 0 aliphatic heterocycles. The second kappa shape index (κ2) is 5.65. The van der Waals surface area contributed by atoms with Gasteiger partial charge in [-0.1, -0.05) is 6.42 Å². The van der Waals surface area contributed by atoms with Crippen molar-refractivity contribution >= 4 is 17.3 Å². The number of carboxylic acids is 1. The summed E-state index contributed by atoms with van der Waals surface area (Å²) in [5.41, 5.74) is 0. The van der Waals surface area contributed by atoms with E-state index < -0.39 is 5.97 Å². The summed E-state index contributed by atoms with van der Waals surface area (Å²) in [6, 6.07) is 4.26. The molecule has 2 unspecified atom stereocenters. The van der Waals surface area contributed by atoms with Crippen molar-refractivity contribution in [2.45, 2.75) is 32.7 Å². The molecule has 17 heavy (non-hydrogen) atoms. The number of thiophene rings is 1. The SMILES string of the molecule is Cc1ccc(CNCC2CCCC2C(=O)O)s1.